The molecule has 4 rings (SSSR count). The molecular weight excluding hydrogens is 308 g/mol. The van der Waals surface area contributed by atoms with Crippen molar-refractivity contribution in [1.82, 2.24) is 10.5 Å². The number of ether oxygens (including phenoxy) is 1. The number of thiophene rings is 1. The van der Waals surface area contributed by atoms with Crippen LogP contribution in [0.4, 0.5) is 0 Å². The van der Waals surface area contributed by atoms with Gasteiger partial charge in [-0.3, -0.25) is 0 Å². The smallest absolute Gasteiger partial charge is 0.153 e. The van der Waals surface area contributed by atoms with Crippen LogP contribution in [0.5, 0.6) is 0 Å². The average molecular weight is 325 g/mol. The maximum Gasteiger partial charge on any atom is 0.153 e. The molecule has 4 nitrogen and oxygen atoms in total. The highest BCUT2D eigenvalue weighted by atomic mass is 35.5. The van der Waals surface area contributed by atoms with E-state index in [0.717, 1.165) is 48.2 Å². The van der Waals surface area contributed by atoms with E-state index in [9.17, 15) is 0 Å². The highest BCUT2D eigenvalue weighted by molar-refractivity contribution is 7.16. The van der Waals surface area contributed by atoms with Gasteiger partial charge >= 0.3 is 0 Å². The molecule has 4 heterocycles. The molecule has 0 aromatic carbocycles. The number of fused-ring (bicyclic) bond motifs is 2. The molecule has 1 saturated heterocycles. The van der Waals surface area contributed by atoms with Gasteiger partial charge in [0.25, 0.3) is 0 Å². The molecule has 2 aliphatic rings. The molecule has 1 N–H and O–H groups in total. The van der Waals surface area contributed by atoms with Crippen molar-refractivity contribution in [2.75, 3.05) is 13.2 Å². The number of hydrogen-bond donors (Lipinski definition) is 1. The molecule has 2 aromatic rings. The molecule has 2 atom stereocenters. The number of halogens is 1. The average Bonchev–Trinajstić information content (AvgIpc) is 3.06. The molecule has 0 aliphatic carbocycles. The zero-order valence-corrected chi connectivity index (χ0v) is 13.4. The summed E-state index contributed by atoms with van der Waals surface area (Å²) in [7, 11) is 0. The van der Waals surface area contributed by atoms with Crippen molar-refractivity contribution in [3.8, 4) is 0 Å². The molecule has 0 bridgehead atoms. The van der Waals surface area contributed by atoms with E-state index in [-0.39, 0.29) is 11.6 Å². The molecule has 0 radical (unpaired) electrons. The van der Waals surface area contributed by atoms with Crippen LogP contribution >= 0.6 is 22.9 Å². The molecule has 6 heteroatoms. The molecule has 0 amide bonds. The number of piperidine rings is 1. The lowest BCUT2D eigenvalue weighted by molar-refractivity contribution is -0.0886. The van der Waals surface area contributed by atoms with E-state index in [4.69, 9.17) is 20.9 Å². The number of nitrogens with one attached hydrogen (secondary N) is 1. The minimum atomic E-state index is -0.220. The van der Waals surface area contributed by atoms with Gasteiger partial charge in [0.2, 0.25) is 0 Å². The summed E-state index contributed by atoms with van der Waals surface area (Å²) >= 11 is 7.89. The van der Waals surface area contributed by atoms with Crippen LogP contribution in [0.15, 0.2) is 16.7 Å². The quantitative estimate of drug-likeness (QED) is 0.871. The largest absolute Gasteiger partial charge is 0.369 e. The van der Waals surface area contributed by atoms with Gasteiger partial charge in [-0.1, -0.05) is 16.8 Å². The predicted molar refractivity (Wildman–Crippen MR) is 81.9 cm³/mol. The predicted octanol–water partition coefficient (Wildman–Crippen LogP) is 3.59. The Bertz CT molecular complexity index is 668. The van der Waals surface area contributed by atoms with Crippen molar-refractivity contribution in [1.29, 1.82) is 0 Å². The van der Waals surface area contributed by atoms with E-state index in [1.165, 1.54) is 10.4 Å². The Morgan fingerprint density at radius 1 is 1.48 bits per heavy atom. The van der Waals surface area contributed by atoms with Gasteiger partial charge in [-0.25, -0.2) is 0 Å². The summed E-state index contributed by atoms with van der Waals surface area (Å²) in [4.78, 5) is 1.31. The summed E-state index contributed by atoms with van der Waals surface area (Å²) in [5.41, 5.74) is 2.05. The van der Waals surface area contributed by atoms with Gasteiger partial charge in [-0.15, -0.1) is 11.3 Å². The number of aromatic nitrogens is 1. The maximum atomic E-state index is 6.25. The second kappa shape index (κ2) is 5.09. The van der Waals surface area contributed by atoms with Gasteiger partial charge in [-0.2, -0.15) is 0 Å². The Kier molecular flexibility index (Phi) is 3.34. The summed E-state index contributed by atoms with van der Waals surface area (Å²) in [5.74, 6) is 0.893. The fourth-order valence-electron chi connectivity index (χ4n) is 3.43. The Labute approximate surface area is 132 Å². The molecule has 2 aromatic heterocycles. The third-order valence-corrected chi connectivity index (χ3v) is 5.88. The lowest BCUT2D eigenvalue weighted by Gasteiger charge is -2.43. The summed E-state index contributed by atoms with van der Waals surface area (Å²) in [5, 5.41) is 7.52. The van der Waals surface area contributed by atoms with Crippen LogP contribution in [0.25, 0.3) is 0 Å². The Morgan fingerprint density at radius 2 is 2.38 bits per heavy atom. The maximum absolute atomic E-state index is 6.25. The van der Waals surface area contributed by atoms with Crippen LogP contribution in [-0.4, -0.2) is 18.3 Å². The highest BCUT2D eigenvalue weighted by Crippen LogP contribution is 2.48. The van der Waals surface area contributed by atoms with E-state index < -0.39 is 0 Å². The number of hydrogen-bond acceptors (Lipinski definition) is 5. The molecular formula is C15H17ClN2O2S. The topological polar surface area (TPSA) is 47.3 Å². The first kappa shape index (κ1) is 13.8. The Hall–Kier alpha value is -0.880. The van der Waals surface area contributed by atoms with Crippen LogP contribution in [0.3, 0.4) is 0 Å². The summed E-state index contributed by atoms with van der Waals surface area (Å²) in [6, 6.07) is 4.25. The highest BCUT2D eigenvalue weighted by Gasteiger charge is 2.44. The van der Waals surface area contributed by atoms with Crippen LogP contribution in [-0.2, 0) is 16.8 Å². The summed E-state index contributed by atoms with van der Waals surface area (Å²) < 4.78 is 12.6. The first-order chi connectivity index (χ1) is 10.2. The second-order valence-corrected chi connectivity index (χ2v) is 7.51. The normalized spacial score (nSPS) is 28.8. The van der Waals surface area contributed by atoms with Crippen LogP contribution in [0, 0.1) is 6.92 Å². The number of rotatable bonds is 1. The number of aryl methyl sites for hydroxylation is 1. The molecule has 21 heavy (non-hydrogen) atoms. The van der Waals surface area contributed by atoms with Crippen molar-refractivity contribution in [2.24, 2.45) is 0 Å². The molecule has 2 aliphatic heterocycles. The number of nitrogens with zero attached hydrogens (tertiary/aromatic N) is 1. The van der Waals surface area contributed by atoms with E-state index in [1.54, 1.807) is 11.3 Å². The van der Waals surface area contributed by atoms with Gasteiger partial charge in [0.05, 0.1) is 22.7 Å². The van der Waals surface area contributed by atoms with Crippen LogP contribution < -0.4 is 5.32 Å². The molecule has 112 valence electrons. The molecule has 0 saturated carbocycles. The second-order valence-electron chi connectivity index (χ2n) is 5.83. The molecule has 1 spiro atoms. The lowest BCUT2D eigenvalue weighted by Crippen LogP contribution is -2.45. The fraction of sp³-hybridized carbons (Fsp3) is 0.533. The van der Waals surface area contributed by atoms with Crippen molar-refractivity contribution in [3.63, 3.8) is 0 Å². The van der Waals surface area contributed by atoms with Gasteiger partial charge < -0.3 is 14.6 Å². The van der Waals surface area contributed by atoms with Gasteiger partial charge in [0.1, 0.15) is 5.60 Å². The minimum absolute atomic E-state index is 0.145. The van der Waals surface area contributed by atoms with Crippen LogP contribution in [0.1, 0.15) is 40.8 Å². The summed E-state index contributed by atoms with van der Waals surface area (Å²) in [6.07, 6.45) is 2.80. The zero-order chi connectivity index (χ0) is 14.4. The van der Waals surface area contributed by atoms with E-state index in [1.807, 2.05) is 13.0 Å². The van der Waals surface area contributed by atoms with Gasteiger partial charge in [0.15, 0.2) is 5.76 Å². The van der Waals surface area contributed by atoms with Crippen molar-refractivity contribution >= 4 is 22.9 Å². The summed E-state index contributed by atoms with van der Waals surface area (Å²) in [6.45, 7) is 3.61. The van der Waals surface area contributed by atoms with E-state index in [2.05, 4.69) is 16.5 Å². The third-order valence-electron chi connectivity index (χ3n) is 4.39. The van der Waals surface area contributed by atoms with E-state index in [0.29, 0.717) is 0 Å². The van der Waals surface area contributed by atoms with Gasteiger partial charge in [0, 0.05) is 17.4 Å². The lowest BCUT2D eigenvalue weighted by atomic mass is 9.82. The van der Waals surface area contributed by atoms with E-state index >= 15 is 0 Å². The first-order valence-corrected chi connectivity index (χ1v) is 8.45. The monoisotopic (exact) mass is 324 g/mol. The van der Waals surface area contributed by atoms with Crippen molar-refractivity contribution < 1.29 is 9.26 Å². The Balaban J connectivity index is 1.69. The fourth-order valence-corrected chi connectivity index (χ4v) is 4.91. The first-order valence-electron chi connectivity index (χ1n) is 7.25. The van der Waals surface area contributed by atoms with Crippen LogP contribution in [0.2, 0.25) is 4.34 Å². The van der Waals surface area contributed by atoms with Crippen molar-refractivity contribution in [2.45, 2.75) is 37.8 Å². The van der Waals surface area contributed by atoms with Crippen molar-refractivity contribution in [3.05, 3.63) is 38.4 Å². The standard InChI is InChI=1S/C15H17ClN2O2S/c1-9-6-12(20-18-9)11-8-15(3-4-17-11)14-10(2-5-19-15)7-13(16)21-14/h6-7,11,17H,2-5,8H2,1H3/t11-,15-/m0/s1. The minimum Gasteiger partial charge on any atom is -0.369 e. The molecule has 0 unspecified atom stereocenters. The van der Waals surface area contributed by atoms with Gasteiger partial charge in [-0.05, 0) is 37.9 Å². The molecule has 1 fully saturated rings. The SMILES string of the molecule is Cc1cc([C@@H]2C[C@]3(CCN2)OCCc2cc(Cl)sc23)on1. The Morgan fingerprint density at radius 3 is 3.19 bits per heavy atom. The third kappa shape index (κ3) is 2.32. The zero-order valence-electron chi connectivity index (χ0n) is 11.8.